The second kappa shape index (κ2) is 13.6. The quantitative estimate of drug-likeness (QED) is 0.131. The van der Waals surface area contributed by atoms with Crippen LogP contribution in [0.4, 0.5) is 10.5 Å². The lowest BCUT2D eigenvalue weighted by Crippen LogP contribution is -2.42. The van der Waals surface area contributed by atoms with E-state index in [-0.39, 0.29) is 29.8 Å². The molecule has 1 aliphatic carbocycles. The molecular weight excluding hydrogens is 620 g/mol. The number of carboxylic acid groups (broad SMARTS) is 1. The van der Waals surface area contributed by atoms with Gasteiger partial charge in [0.25, 0.3) is 10.0 Å². The van der Waals surface area contributed by atoms with Crippen molar-refractivity contribution in [1.29, 1.82) is 0 Å². The predicted molar refractivity (Wildman–Crippen MR) is 179 cm³/mol. The van der Waals surface area contributed by atoms with Crippen LogP contribution in [0.2, 0.25) is 0 Å². The summed E-state index contributed by atoms with van der Waals surface area (Å²) in [7, 11) is -2.63. The number of aryl methyl sites for hydroxylation is 1. The third kappa shape index (κ3) is 7.07. The number of ether oxygens (including phenoxy) is 2. The number of anilines is 1. The molecular formula is C35H36N4O7S. The highest BCUT2D eigenvalue weighted by atomic mass is 32.2. The minimum atomic E-state index is -4.15. The first-order valence-electron chi connectivity index (χ1n) is 14.8. The predicted octanol–water partition coefficient (Wildman–Crippen LogP) is 5.27. The summed E-state index contributed by atoms with van der Waals surface area (Å²) in [6.45, 7) is 5.17. The SMILES string of the molecule is COc1cc(C)c(S(=O)(=O)N=C(N)Nc2ccc(CC(NC(=O)OCC3c4ccccc4-c4ccccc43)C(=O)O)cc2)c(C)c1C. The highest BCUT2D eigenvalue weighted by Gasteiger charge is 2.30. The Morgan fingerprint density at radius 1 is 0.936 bits per heavy atom. The first kappa shape index (κ1) is 33.0. The van der Waals surface area contributed by atoms with E-state index in [1.165, 1.54) is 7.11 Å². The van der Waals surface area contributed by atoms with Crippen LogP contribution in [0.5, 0.6) is 5.75 Å². The molecule has 1 amide bonds. The smallest absolute Gasteiger partial charge is 0.407 e. The first-order chi connectivity index (χ1) is 22.4. The number of nitrogens with zero attached hydrogens (tertiary/aromatic N) is 1. The van der Waals surface area contributed by atoms with Gasteiger partial charge < -0.3 is 30.9 Å². The number of hydrogen-bond donors (Lipinski definition) is 4. The van der Waals surface area contributed by atoms with Gasteiger partial charge in [-0.15, -0.1) is 4.40 Å². The van der Waals surface area contributed by atoms with E-state index in [2.05, 4.69) is 15.0 Å². The number of aliphatic carboxylic acids is 1. The van der Waals surface area contributed by atoms with Crippen LogP contribution in [-0.2, 0) is 26.0 Å². The molecule has 0 saturated carbocycles. The van der Waals surface area contributed by atoms with E-state index in [0.29, 0.717) is 33.7 Å². The molecule has 0 aromatic heterocycles. The highest BCUT2D eigenvalue weighted by molar-refractivity contribution is 7.90. The van der Waals surface area contributed by atoms with Crippen molar-refractivity contribution < 1.29 is 32.6 Å². The fraction of sp³-hybridized carbons (Fsp3) is 0.229. The minimum absolute atomic E-state index is 0.0207. The van der Waals surface area contributed by atoms with E-state index in [9.17, 15) is 23.1 Å². The molecule has 4 aromatic carbocycles. The number of fused-ring (bicyclic) bond motifs is 3. The Morgan fingerprint density at radius 3 is 2.11 bits per heavy atom. The van der Waals surface area contributed by atoms with Crippen molar-refractivity contribution in [3.63, 3.8) is 0 Å². The van der Waals surface area contributed by atoms with Crippen molar-refractivity contribution in [2.45, 2.75) is 44.0 Å². The molecule has 0 aliphatic heterocycles. The molecule has 5 N–H and O–H groups in total. The van der Waals surface area contributed by atoms with Crippen LogP contribution in [-0.4, -0.2) is 51.3 Å². The number of carbonyl (C=O) groups excluding carboxylic acids is 1. The lowest BCUT2D eigenvalue weighted by molar-refractivity contribution is -0.139. The molecule has 0 heterocycles. The molecule has 5 rings (SSSR count). The number of methoxy groups -OCH3 is 1. The lowest BCUT2D eigenvalue weighted by atomic mass is 9.98. The second-order valence-electron chi connectivity index (χ2n) is 11.3. The third-order valence-electron chi connectivity index (χ3n) is 8.27. The van der Waals surface area contributed by atoms with Crippen molar-refractivity contribution in [3.8, 4) is 16.9 Å². The number of nitrogens with two attached hydrogens (primary N) is 1. The number of alkyl carbamates (subject to hydrolysis) is 1. The van der Waals surface area contributed by atoms with Crippen molar-refractivity contribution in [1.82, 2.24) is 5.32 Å². The van der Waals surface area contributed by atoms with Crippen LogP contribution >= 0.6 is 0 Å². The number of guanidine groups is 1. The number of nitrogens with one attached hydrogen (secondary N) is 2. The van der Waals surface area contributed by atoms with Gasteiger partial charge in [0, 0.05) is 18.0 Å². The molecule has 1 aliphatic rings. The fourth-order valence-electron chi connectivity index (χ4n) is 5.92. The molecule has 0 fully saturated rings. The zero-order valence-corrected chi connectivity index (χ0v) is 27.2. The van der Waals surface area contributed by atoms with Crippen LogP contribution in [0.15, 0.2) is 88.2 Å². The van der Waals surface area contributed by atoms with Gasteiger partial charge in [0.1, 0.15) is 18.4 Å². The summed E-state index contributed by atoms with van der Waals surface area (Å²) < 4.78 is 40.9. The maximum atomic E-state index is 13.1. The van der Waals surface area contributed by atoms with E-state index in [1.54, 1.807) is 51.1 Å². The molecule has 0 bridgehead atoms. The topological polar surface area (TPSA) is 169 Å². The van der Waals surface area contributed by atoms with Gasteiger partial charge in [0.15, 0.2) is 0 Å². The average Bonchev–Trinajstić information content (AvgIpc) is 3.35. The molecule has 0 radical (unpaired) electrons. The molecule has 4 aromatic rings. The Bertz CT molecular complexity index is 1930. The largest absolute Gasteiger partial charge is 0.496 e. The zero-order chi connectivity index (χ0) is 33.9. The molecule has 0 spiro atoms. The number of rotatable bonds is 10. The normalized spacial score (nSPS) is 13.3. The van der Waals surface area contributed by atoms with Crippen LogP contribution < -0.4 is 21.1 Å². The molecule has 244 valence electrons. The van der Waals surface area contributed by atoms with Crippen LogP contribution in [0.3, 0.4) is 0 Å². The summed E-state index contributed by atoms with van der Waals surface area (Å²) in [5, 5.41) is 15.0. The maximum absolute atomic E-state index is 13.1. The molecule has 0 saturated heterocycles. The number of sulfonamides is 1. The van der Waals surface area contributed by atoms with Gasteiger partial charge >= 0.3 is 12.1 Å². The summed E-state index contributed by atoms with van der Waals surface area (Å²) >= 11 is 0. The summed E-state index contributed by atoms with van der Waals surface area (Å²) in [6.07, 6.45) is -0.854. The van der Waals surface area contributed by atoms with Crippen LogP contribution in [0.25, 0.3) is 11.1 Å². The lowest BCUT2D eigenvalue weighted by Gasteiger charge is -2.18. The van der Waals surface area contributed by atoms with E-state index in [4.69, 9.17) is 15.2 Å². The molecule has 11 nitrogen and oxygen atoms in total. The molecule has 12 heteroatoms. The standard InChI is InChI=1S/C35H36N4O7S/c1-20-17-31(45-4)21(2)22(3)32(20)47(43,44)39-34(36)37-24-15-13-23(14-16-24)18-30(33(40)41)38-35(42)46-19-29-27-11-7-5-9-25(27)26-10-6-8-12-28(26)29/h5-17,29-30H,18-19H2,1-4H3,(H,38,42)(H,40,41)(H3,36,37,39). The monoisotopic (exact) mass is 656 g/mol. The zero-order valence-electron chi connectivity index (χ0n) is 26.4. The van der Waals surface area contributed by atoms with Crippen molar-refractivity contribution >= 4 is 33.7 Å². The molecule has 1 atom stereocenters. The van der Waals surface area contributed by atoms with Crippen molar-refractivity contribution in [2.24, 2.45) is 10.1 Å². The average molecular weight is 657 g/mol. The van der Waals surface area contributed by atoms with Crippen LogP contribution in [0, 0.1) is 20.8 Å². The van der Waals surface area contributed by atoms with E-state index in [1.807, 2.05) is 48.5 Å². The first-order valence-corrected chi connectivity index (χ1v) is 16.3. The minimum Gasteiger partial charge on any atom is -0.496 e. The Labute approximate surface area is 273 Å². The van der Waals surface area contributed by atoms with Gasteiger partial charge in [-0.1, -0.05) is 60.7 Å². The third-order valence-corrected chi connectivity index (χ3v) is 9.86. The summed E-state index contributed by atoms with van der Waals surface area (Å²) in [5.41, 5.74) is 12.9. The number of carbonyl (C=O) groups is 2. The van der Waals surface area contributed by atoms with Crippen LogP contribution in [0.1, 0.15) is 39.3 Å². The Hall–Kier alpha value is -5.36. The van der Waals surface area contributed by atoms with Crippen molar-refractivity contribution in [3.05, 3.63) is 112 Å². The van der Waals surface area contributed by atoms with E-state index >= 15 is 0 Å². The van der Waals surface area contributed by atoms with E-state index in [0.717, 1.165) is 22.3 Å². The summed E-state index contributed by atoms with van der Waals surface area (Å²) in [5.74, 6) is -1.14. The molecule has 1 unspecified atom stereocenters. The van der Waals surface area contributed by atoms with Gasteiger partial charge in [0.05, 0.1) is 12.0 Å². The summed E-state index contributed by atoms with van der Waals surface area (Å²) in [4.78, 5) is 24.8. The summed E-state index contributed by atoms with van der Waals surface area (Å²) in [6, 6.07) is 22.7. The number of carboxylic acids is 1. The van der Waals surface area contributed by atoms with Gasteiger partial charge in [-0.3, -0.25) is 0 Å². The van der Waals surface area contributed by atoms with Crippen molar-refractivity contribution in [2.75, 3.05) is 19.0 Å². The van der Waals surface area contributed by atoms with E-state index < -0.39 is 28.1 Å². The van der Waals surface area contributed by atoms with Gasteiger partial charge in [-0.2, -0.15) is 8.42 Å². The highest BCUT2D eigenvalue weighted by Crippen LogP contribution is 2.44. The Kier molecular flexibility index (Phi) is 9.52. The Balaban J connectivity index is 1.20. The number of amides is 1. The van der Waals surface area contributed by atoms with Gasteiger partial charge in [-0.05, 0) is 83.5 Å². The number of benzene rings is 4. The van der Waals surface area contributed by atoms with Gasteiger partial charge in [-0.25, -0.2) is 9.59 Å². The maximum Gasteiger partial charge on any atom is 0.407 e. The second-order valence-corrected chi connectivity index (χ2v) is 12.9. The Morgan fingerprint density at radius 2 is 1.53 bits per heavy atom. The van der Waals surface area contributed by atoms with Gasteiger partial charge in [0.2, 0.25) is 5.96 Å². The molecule has 47 heavy (non-hydrogen) atoms. The number of hydrogen-bond acceptors (Lipinski definition) is 6. The fourth-order valence-corrected chi connectivity index (χ4v) is 7.32.